The molecule has 2 N–H and O–H groups in total. The van der Waals surface area contributed by atoms with E-state index in [1.165, 1.54) is 4.31 Å². The van der Waals surface area contributed by atoms with Gasteiger partial charge in [-0.2, -0.15) is 17.0 Å². The van der Waals surface area contributed by atoms with Gasteiger partial charge >= 0.3 is 0 Å². The summed E-state index contributed by atoms with van der Waals surface area (Å²) >= 11 is 0. The highest BCUT2D eigenvalue weighted by molar-refractivity contribution is 7.86. The molecular weight excluding hydrogens is 278 g/mol. The van der Waals surface area contributed by atoms with Crippen molar-refractivity contribution in [1.82, 2.24) is 8.61 Å². The number of piperidine rings is 1. The summed E-state index contributed by atoms with van der Waals surface area (Å²) in [5.41, 5.74) is 5.84. The van der Waals surface area contributed by atoms with Gasteiger partial charge in [-0.1, -0.05) is 13.8 Å². The summed E-state index contributed by atoms with van der Waals surface area (Å²) in [5.74, 6) is 0.831. The molecule has 0 aromatic carbocycles. The molecule has 0 radical (unpaired) electrons. The highest BCUT2D eigenvalue weighted by Gasteiger charge is 2.37. The first-order valence-corrected chi connectivity index (χ1v) is 8.82. The number of hydrogen-bond acceptors (Lipinski definition) is 4. The molecule has 0 bridgehead atoms. The predicted molar refractivity (Wildman–Crippen MR) is 78.4 cm³/mol. The molecule has 0 aromatic rings. The first-order valence-electron chi connectivity index (χ1n) is 7.43. The lowest BCUT2D eigenvalue weighted by atomic mass is 9.94. The molecule has 2 heterocycles. The van der Waals surface area contributed by atoms with Crippen molar-refractivity contribution in [2.75, 3.05) is 32.8 Å². The third-order valence-electron chi connectivity index (χ3n) is 4.13. The van der Waals surface area contributed by atoms with E-state index >= 15 is 0 Å². The van der Waals surface area contributed by atoms with Crippen LogP contribution in [0.3, 0.4) is 0 Å². The average Bonchev–Trinajstić information content (AvgIpc) is 2.37. The van der Waals surface area contributed by atoms with E-state index in [0.29, 0.717) is 44.6 Å². The van der Waals surface area contributed by atoms with E-state index in [2.05, 4.69) is 13.8 Å². The van der Waals surface area contributed by atoms with Crippen LogP contribution in [0.15, 0.2) is 0 Å². The van der Waals surface area contributed by atoms with Gasteiger partial charge in [0.05, 0.1) is 12.7 Å². The van der Waals surface area contributed by atoms with Crippen LogP contribution in [0.4, 0.5) is 0 Å². The van der Waals surface area contributed by atoms with Crippen LogP contribution < -0.4 is 5.73 Å². The van der Waals surface area contributed by atoms with Crippen LogP contribution in [-0.2, 0) is 14.9 Å². The molecule has 4 unspecified atom stereocenters. The number of nitrogens with two attached hydrogens (primary N) is 1. The topological polar surface area (TPSA) is 75.9 Å². The highest BCUT2D eigenvalue weighted by atomic mass is 32.2. The summed E-state index contributed by atoms with van der Waals surface area (Å²) in [7, 11) is -3.39. The molecular formula is C13H27N3O3S. The fraction of sp³-hybridized carbons (Fsp3) is 1.00. The van der Waals surface area contributed by atoms with Crippen molar-refractivity contribution in [1.29, 1.82) is 0 Å². The molecule has 118 valence electrons. The predicted octanol–water partition coefficient (Wildman–Crippen LogP) is 0.257. The second kappa shape index (κ2) is 6.27. The third kappa shape index (κ3) is 3.51. The first kappa shape index (κ1) is 16.2. The average molecular weight is 305 g/mol. The van der Waals surface area contributed by atoms with Crippen molar-refractivity contribution in [2.24, 2.45) is 17.6 Å². The van der Waals surface area contributed by atoms with E-state index in [1.54, 1.807) is 4.31 Å². The largest absolute Gasteiger partial charge is 0.374 e. The molecule has 2 aliphatic heterocycles. The van der Waals surface area contributed by atoms with Crippen LogP contribution in [0.1, 0.15) is 27.2 Å². The van der Waals surface area contributed by atoms with E-state index in [-0.39, 0.29) is 12.1 Å². The van der Waals surface area contributed by atoms with Crippen molar-refractivity contribution in [3.63, 3.8) is 0 Å². The van der Waals surface area contributed by atoms with Gasteiger partial charge in [-0.05, 0) is 25.2 Å². The zero-order valence-electron chi connectivity index (χ0n) is 12.7. The molecule has 0 spiro atoms. The molecule has 0 aromatic heterocycles. The van der Waals surface area contributed by atoms with Crippen molar-refractivity contribution in [3.05, 3.63) is 0 Å². The van der Waals surface area contributed by atoms with Crippen LogP contribution in [0.5, 0.6) is 0 Å². The smallest absolute Gasteiger partial charge is 0.282 e. The molecule has 4 atom stereocenters. The van der Waals surface area contributed by atoms with Crippen molar-refractivity contribution in [2.45, 2.75) is 39.3 Å². The minimum absolute atomic E-state index is 0.160. The normalized spacial score (nSPS) is 35.9. The molecule has 20 heavy (non-hydrogen) atoms. The van der Waals surface area contributed by atoms with Crippen LogP contribution >= 0.6 is 0 Å². The Balaban J connectivity index is 2.09. The number of hydrogen-bond donors (Lipinski definition) is 1. The maximum absolute atomic E-state index is 12.8. The zero-order valence-corrected chi connectivity index (χ0v) is 13.5. The molecule has 2 rings (SSSR count). The van der Waals surface area contributed by atoms with E-state index in [9.17, 15) is 8.42 Å². The lowest BCUT2D eigenvalue weighted by Crippen LogP contribution is -2.56. The number of rotatable bonds is 3. The lowest BCUT2D eigenvalue weighted by Gasteiger charge is -2.40. The summed E-state index contributed by atoms with van der Waals surface area (Å²) in [6, 6.07) is -0.160. The van der Waals surface area contributed by atoms with Crippen LogP contribution in [0.2, 0.25) is 0 Å². The van der Waals surface area contributed by atoms with Gasteiger partial charge in [0.1, 0.15) is 0 Å². The molecule has 6 nitrogen and oxygen atoms in total. The third-order valence-corrected chi connectivity index (χ3v) is 6.07. The van der Waals surface area contributed by atoms with Gasteiger partial charge in [0.2, 0.25) is 0 Å². The molecule has 0 saturated carbocycles. The second-order valence-electron chi connectivity index (χ2n) is 6.40. The molecule has 2 saturated heterocycles. The summed E-state index contributed by atoms with van der Waals surface area (Å²) < 4.78 is 34.2. The maximum atomic E-state index is 12.8. The molecule has 7 heteroatoms. The molecule has 2 aliphatic rings. The minimum Gasteiger partial charge on any atom is -0.374 e. The van der Waals surface area contributed by atoms with E-state index in [4.69, 9.17) is 10.5 Å². The quantitative estimate of drug-likeness (QED) is 0.811. The Hall–Kier alpha value is -0.210. The maximum Gasteiger partial charge on any atom is 0.282 e. The van der Waals surface area contributed by atoms with Gasteiger partial charge in [-0.3, -0.25) is 0 Å². The van der Waals surface area contributed by atoms with Crippen molar-refractivity contribution in [3.8, 4) is 0 Å². The Kier molecular flexibility index (Phi) is 5.07. The van der Waals surface area contributed by atoms with Gasteiger partial charge in [0.15, 0.2) is 0 Å². The standard InChI is InChI=1S/C13H27N3O3S/c1-10-6-11(2)8-16(7-10)20(17,18)15-4-5-19-13(9-15)12(3)14/h10-13H,4-9,14H2,1-3H3. The van der Waals surface area contributed by atoms with Gasteiger partial charge in [0.25, 0.3) is 10.2 Å². The van der Waals surface area contributed by atoms with Gasteiger partial charge in [-0.25, -0.2) is 0 Å². The van der Waals surface area contributed by atoms with E-state index in [1.807, 2.05) is 6.92 Å². The molecule has 0 amide bonds. The Morgan fingerprint density at radius 1 is 1.15 bits per heavy atom. The summed E-state index contributed by atoms with van der Waals surface area (Å²) in [4.78, 5) is 0. The fourth-order valence-electron chi connectivity index (χ4n) is 3.14. The monoisotopic (exact) mass is 305 g/mol. The molecule has 0 aliphatic carbocycles. The second-order valence-corrected chi connectivity index (χ2v) is 8.33. The van der Waals surface area contributed by atoms with Crippen molar-refractivity contribution < 1.29 is 13.2 Å². The van der Waals surface area contributed by atoms with Crippen LogP contribution in [0.25, 0.3) is 0 Å². The summed E-state index contributed by atoms with van der Waals surface area (Å²) in [6.07, 6.45) is 0.885. The Morgan fingerprint density at radius 2 is 1.75 bits per heavy atom. The van der Waals surface area contributed by atoms with Gasteiger partial charge < -0.3 is 10.5 Å². The first-order chi connectivity index (χ1) is 9.30. The zero-order chi connectivity index (χ0) is 14.9. The lowest BCUT2D eigenvalue weighted by molar-refractivity contribution is -0.0141. The Labute approximate surface area is 122 Å². The van der Waals surface area contributed by atoms with Crippen molar-refractivity contribution >= 4 is 10.2 Å². The highest BCUT2D eigenvalue weighted by Crippen LogP contribution is 2.25. The van der Waals surface area contributed by atoms with Crippen LogP contribution in [0, 0.1) is 11.8 Å². The minimum atomic E-state index is -3.39. The van der Waals surface area contributed by atoms with Gasteiger partial charge in [0, 0.05) is 32.2 Å². The van der Waals surface area contributed by atoms with E-state index < -0.39 is 10.2 Å². The van der Waals surface area contributed by atoms with Crippen LogP contribution in [-0.4, -0.2) is 62.0 Å². The Morgan fingerprint density at radius 3 is 2.30 bits per heavy atom. The Bertz CT molecular complexity index is 417. The SMILES string of the molecule is CC1CC(C)CN(S(=O)(=O)N2CCOC(C(C)N)C2)C1. The summed E-state index contributed by atoms with van der Waals surface area (Å²) in [5, 5.41) is 0. The van der Waals surface area contributed by atoms with Gasteiger partial charge in [-0.15, -0.1) is 0 Å². The summed E-state index contributed by atoms with van der Waals surface area (Å²) in [6.45, 7) is 8.52. The van der Waals surface area contributed by atoms with E-state index in [0.717, 1.165) is 6.42 Å². The molecule has 2 fully saturated rings. The fourth-order valence-corrected chi connectivity index (χ4v) is 4.99. The number of morpholine rings is 1. The number of ether oxygens (including phenoxy) is 1. The number of nitrogens with zero attached hydrogens (tertiary/aromatic N) is 2.